The van der Waals surface area contributed by atoms with E-state index in [2.05, 4.69) is 10.3 Å². The zero-order valence-electron chi connectivity index (χ0n) is 10.1. The first kappa shape index (κ1) is 13.0. The molecule has 17 heavy (non-hydrogen) atoms. The number of anilines is 1. The molecule has 1 rings (SSSR count). The summed E-state index contributed by atoms with van der Waals surface area (Å²) in [5.74, 6) is -0.761. The molecule has 0 aromatic carbocycles. The summed E-state index contributed by atoms with van der Waals surface area (Å²) in [4.78, 5) is 26.9. The summed E-state index contributed by atoms with van der Waals surface area (Å²) < 4.78 is 0. The Labute approximate surface area is 99.4 Å². The van der Waals surface area contributed by atoms with E-state index in [9.17, 15) is 9.59 Å². The molecule has 92 valence electrons. The number of primary amides is 1. The molecule has 0 aliphatic carbocycles. The lowest BCUT2D eigenvalue weighted by Gasteiger charge is -2.22. The fourth-order valence-electron chi connectivity index (χ4n) is 1.24. The van der Waals surface area contributed by atoms with Gasteiger partial charge in [0.25, 0.3) is 5.91 Å². The highest BCUT2D eigenvalue weighted by molar-refractivity contribution is 5.99. The number of nitrogens with two attached hydrogens (primary N) is 2. The molecule has 5 N–H and O–H groups in total. The molecule has 1 aromatic heterocycles. The smallest absolute Gasteiger partial charge is 0.252 e. The van der Waals surface area contributed by atoms with Crippen LogP contribution in [-0.4, -0.2) is 22.3 Å². The third-order valence-electron chi connectivity index (χ3n) is 2.28. The molecule has 0 fully saturated rings. The minimum absolute atomic E-state index is 0.257. The van der Waals surface area contributed by atoms with Crippen LogP contribution < -0.4 is 16.8 Å². The number of nitrogen functional groups attached to an aromatic ring is 1. The maximum Gasteiger partial charge on any atom is 0.252 e. The van der Waals surface area contributed by atoms with E-state index in [1.165, 1.54) is 19.9 Å². The van der Waals surface area contributed by atoms with Gasteiger partial charge in [0.2, 0.25) is 5.91 Å². The number of aryl methyl sites for hydroxylation is 1. The fraction of sp³-hybridized carbons (Fsp3) is 0.364. The molecular weight excluding hydrogens is 220 g/mol. The van der Waals surface area contributed by atoms with Crippen molar-refractivity contribution in [3.63, 3.8) is 0 Å². The Hall–Kier alpha value is -2.11. The van der Waals surface area contributed by atoms with Gasteiger partial charge < -0.3 is 16.8 Å². The summed E-state index contributed by atoms with van der Waals surface area (Å²) in [5.41, 5.74) is 10.6. The maximum atomic E-state index is 11.9. The van der Waals surface area contributed by atoms with Crippen LogP contribution in [0.4, 0.5) is 5.82 Å². The van der Waals surface area contributed by atoms with Gasteiger partial charge in [-0.1, -0.05) is 0 Å². The quantitative estimate of drug-likeness (QED) is 0.684. The van der Waals surface area contributed by atoms with E-state index in [1.54, 1.807) is 13.0 Å². The highest BCUT2D eigenvalue weighted by Gasteiger charge is 2.27. The lowest BCUT2D eigenvalue weighted by molar-refractivity contribution is -0.122. The minimum Gasteiger partial charge on any atom is -0.384 e. The fourth-order valence-corrected chi connectivity index (χ4v) is 1.24. The standard InChI is InChI=1S/C11H16N4O2/c1-6-4-7(5-8(12)14-6)9(16)15-11(2,3)10(13)17/h4-5H,1-3H3,(H2,12,14)(H2,13,17)(H,15,16). The summed E-state index contributed by atoms with van der Waals surface area (Å²) in [6.45, 7) is 4.79. The highest BCUT2D eigenvalue weighted by Crippen LogP contribution is 2.09. The minimum atomic E-state index is -1.11. The van der Waals surface area contributed by atoms with Gasteiger partial charge in [-0.2, -0.15) is 0 Å². The number of rotatable bonds is 3. The Kier molecular flexibility index (Phi) is 3.36. The first-order valence-corrected chi connectivity index (χ1v) is 5.09. The van der Waals surface area contributed by atoms with Crippen LogP contribution in [0.15, 0.2) is 12.1 Å². The Bertz CT molecular complexity index is 448. The first-order chi connectivity index (χ1) is 7.72. The number of amides is 2. The van der Waals surface area contributed by atoms with Gasteiger partial charge in [0, 0.05) is 11.3 Å². The molecule has 0 aliphatic rings. The van der Waals surface area contributed by atoms with Crippen LogP contribution in [0.1, 0.15) is 29.9 Å². The van der Waals surface area contributed by atoms with Crippen LogP contribution in [0.5, 0.6) is 0 Å². The Balaban J connectivity index is 2.94. The van der Waals surface area contributed by atoms with Gasteiger partial charge in [-0.25, -0.2) is 4.98 Å². The van der Waals surface area contributed by atoms with Crippen LogP contribution in [0.3, 0.4) is 0 Å². The Morgan fingerprint density at radius 3 is 2.41 bits per heavy atom. The average molecular weight is 236 g/mol. The summed E-state index contributed by atoms with van der Waals surface area (Å²) in [7, 11) is 0. The molecule has 0 unspecified atom stereocenters. The largest absolute Gasteiger partial charge is 0.384 e. The molecule has 0 saturated carbocycles. The molecule has 0 radical (unpaired) electrons. The van der Waals surface area contributed by atoms with Gasteiger partial charge in [-0.05, 0) is 32.9 Å². The third-order valence-corrected chi connectivity index (χ3v) is 2.28. The molecule has 2 amide bonds. The highest BCUT2D eigenvalue weighted by atomic mass is 16.2. The molecule has 0 aliphatic heterocycles. The number of pyridine rings is 1. The van der Waals surface area contributed by atoms with Crippen molar-refractivity contribution in [2.75, 3.05) is 5.73 Å². The van der Waals surface area contributed by atoms with Crippen molar-refractivity contribution >= 4 is 17.6 Å². The van der Waals surface area contributed by atoms with Crippen molar-refractivity contribution in [3.8, 4) is 0 Å². The van der Waals surface area contributed by atoms with E-state index in [-0.39, 0.29) is 5.82 Å². The number of carbonyl (C=O) groups is 2. The number of nitrogens with one attached hydrogen (secondary N) is 1. The molecule has 0 atom stereocenters. The second-order valence-corrected chi connectivity index (χ2v) is 4.37. The zero-order chi connectivity index (χ0) is 13.2. The average Bonchev–Trinajstić information content (AvgIpc) is 2.15. The lowest BCUT2D eigenvalue weighted by Crippen LogP contribution is -2.53. The maximum absolute atomic E-state index is 11.9. The SMILES string of the molecule is Cc1cc(C(=O)NC(C)(C)C(N)=O)cc(N)n1. The molecular formula is C11H16N4O2. The van der Waals surface area contributed by atoms with Crippen molar-refractivity contribution in [2.24, 2.45) is 5.73 Å². The van der Waals surface area contributed by atoms with E-state index < -0.39 is 17.4 Å². The molecule has 1 heterocycles. The predicted molar refractivity (Wildman–Crippen MR) is 64.1 cm³/mol. The van der Waals surface area contributed by atoms with Crippen LogP contribution in [0, 0.1) is 6.92 Å². The summed E-state index contributed by atoms with van der Waals surface area (Å²) >= 11 is 0. The van der Waals surface area contributed by atoms with Crippen LogP contribution >= 0.6 is 0 Å². The zero-order valence-corrected chi connectivity index (χ0v) is 10.1. The van der Waals surface area contributed by atoms with Crippen molar-refractivity contribution in [2.45, 2.75) is 26.3 Å². The van der Waals surface area contributed by atoms with E-state index in [0.717, 1.165) is 0 Å². The molecule has 0 bridgehead atoms. The number of aromatic nitrogens is 1. The monoisotopic (exact) mass is 236 g/mol. The molecule has 6 nitrogen and oxygen atoms in total. The summed E-state index contributed by atoms with van der Waals surface area (Å²) in [6.07, 6.45) is 0. The molecule has 6 heteroatoms. The van der Waals surface area contributed by atoms with Gasteiger partial charge >= 0.3 is 0 Å². The van der Waals surface area contributed by atoms with Gasteiger partial charge in [-0.3, -0.25) is 9.59 Å². The Morgan fingerprint density at radius 2 is 1.94 bits per heavy atom. The normalized spacial score (nSPS) is 11.0. The van der Waals surface area contributed by atoms with E-state index in [0.29, 0.717) is 11.3 Å². The number of hydrogen-bond acceptors (Lipinski definition) is 4. The third kappa shape index (κ3) is 3.17. The summed E-state index contributed by atoms with van der Waals surface area (Å²) in [5, 5.41) is 2.53. The van der Waals surface area contributed by atoms with Crippen LogP contribution in [-0.2, 0) is 4.79 Å². The second kappa shape index (κ2) is 4.40. The van der Waals surface area contributed by atoms with Crippen molar-refractivity contribution in [1.82, 2.24) is 10.3 Å². The first-order valence-electron chi connectivity index (χ1n) is 5.09. The van der Waals surface area contributed by atoms with Gasteiger partial charge in [0.1, 0.15) is 11.4 Å². The lowest BCUT2D eigenvalue weighted by atomic mass is 10.0. The Morgan fingerprint density at radius 1 is 1.35 bits per heavy atom. The summed E-state index contributed by atoms with van der Waals surface area (Å²) in [6, 6.07) is 3.03. The number of carbonyl (C=O) groups excluding carboxylic acids is 2. The topological polar surface area (TPSA) is 111 Å². The molecule has 0 spiro atoms. The van der Waals surface area contributed by atoms with Gasteiger partial charge in [0.15, 0.2) is 0 Å². The van der Waals surface area contributed by atoms with Crippen LogP contribution in [0.2, 0.25) is 0 Å². The predicted octanol–water partition coefficient (Wildman–Crippen LogP) is -0.0341. The number of nitrogens with zero attached hydrogens (tertiary/aromatic N) is 1. The van der Waals surface area contributed by atoms with Crippen LogP contribution in [0.25, 0.3) is 0 Å². The van der Waals surface area contributed by atoms with Gasteiger partial charge in [0.05, 0.1) is 0 Å². The van der Waals surface area contributed by atoms with Crippen molar-refractivity contribution < 1.29 is 9.59 Å². The van der Waals surface area contributed by atoms with Crippen molar-refractivity contribution in [1.29, 1.82) is 0 Å². The molecule has 0 saturated heterocycles. The number of hydrogen-bond donors (Lipinski definition) is 3. The second-order valence-electron chi connectivity index (χ2n) is 4.37. The van der Waals surface area contributed by atoms with Gasteiger partial charge in [-0.15, -0.1) is 0 Å². The van der Waals surface area contributed by atoms with Crippen molar-refractivity contribution in [3.05, 3.63) is 23.4 Å². The molecule has 1 aromatic rings. The van der Waals surface area contributed by atoms with E-state index >= 15 is 0 Å². The van der Waals surface area contributed by atoms with E-state index in [4.69, 9.17) is 11.5 Å². The van der Waals surface area contributed by atoms with E-state index in [1.807, 2.05) is 0 Å².